The second-order valence-electron chi connectivity index (χ2n) is 5.11. The van der Waals surface area contributed by atoms with Crippen LogP contribution in [0.1, 0.15) is 0 Å². The van der Waals surface area contributed by atoms with Crippen LogP contribution in [0.25, 0.3) is 5.52 Å². The average molecular weight is 235 g/mol. The van der Waals surface area contributed by atoms with E-state index < -0.39 is 0 Å². The Morgan fingerprint density at radius 1 is 1.35 bits per heavy atom. The van der Waals surface area contributed by atoms with Gasteiger partial charge in [-0.1, -0.05) is 6.07 Å². The highest BCUT2D eigenvalue weighted by molar-refractivity contribution is 5.74. The van der Waals surface area contributed by atoms with Crippen LogP contribution < -0.4 is 10.5 Å². The van der Waals surface area contributed by atoms with E-state index >= 15 is 0 Å². The van der Waals surface area contributed by atoms with Gasteiger partial charge in [-0.3, -0.25) is 0 Å². The Kier molecular flexibility index (Phi) is 2.93. The number of pyridine rings is 1. The molecule has 2 aromatic heterocycles. The molecule has 2 rings (SSSR count). The minimum atomic E-state index is 0.518. The van der Waals surface area contributed by atoms with Crippen molar-refractivity contribution < 1.29 is 9.22 Å². The third kappa shape index (κ3) is 2.68. The summed E-state index contributed by atoms with van der Waals surface area (Å²) in [5.74, 6) is 0.518. The van der Waals surface area contributed by atoms with Gasteiger partial charge in [-0.25, -0.2) is 4.52 Å². The van der Waals surface area contributed by atoms with Gasteiger partial charge in [0.2, 0.25) is 0 Å². The highest BCUT2D eigenvalue weighted by Crippen LogP contribution is 2.24. The van der Waals surface area contributed by atoms with Gasteiger partial charge in [-0.2, -0.15) is 0 Å². The van der Waals surface area contributed by atoms with Crippen molar-refractivity contribution >= 4 is 11.2 Å². The normalized spacial score (nSPS) is 11.9. The molecule has 0 aliphatic carbocycles. The zero-order valence-corrected chi connectivity index (χ0v) is 10.6. The molecule has 0 aliphatic rings. The molecule has 2 N–H and O–H groups in total. The van der Waals surface area contributed by atoms with Gasteiger partial charge in [0.15, 0.2) is 0 Å². The van der Waals surface area contributed by atoms with Gasteiger partial charge in [0.05, 0.1) is 26.7 Å². The van der Waals surface area contributed by atoms with E-state index in [2.05, 4.69) is 26.2 Å². The topological polar surface area (TPSA) is 52.5 Å². The smallest absolute Gasteiger partial charge is 0.257 e. The van der Waals surface area contributed by atoms with Gasteiger partial charge in [-0.15, -0.1) is 5.10 Å². The Labute approximate surface area is 101 Å². The molecule has 2 aromatic rings. The molecule has 0 atom stereocenters. The summed E-state index contributed by atoms with van der Waals surface area (Å²) in [7, 11) is 6.36. The molecule has 92 valence electrons. The summed E-state index contributed by atoms with van der Waals surface area (Å²) in [6.07, 6.45) is 1.86. The first-order valence-electron chi connectivity index (χ1n) is 5.63. The van der Waals surface area contributed by atoms with Crippen molar-refractivity contribution in [2.24, 2.45) is 0 Å². The average Bonchev–Trinajstić information content (AvgIpc) is 2.55. The number of hydrogen-bond acceptors (Lipinski definition) is 3. The Morgan fingerprint density at radius 3 is 2.76 bits per heavy atom. The fourth-order valence-corrected chi connectivity index (χ4v) is 1.52. The molecule has 0 unspecified atom stereocenters. The number of nitrogens with two attached hydrogens (primary N) is 1. The maximum Gasteiger partial charge on any atom is 0.257 e. The zero-order valence-electron chi connectivity index (χ0n) is 10.6. The Balaban J connectivity index is 2.11. The van der Waals surface area contributed by atoms with Crippen LogP contribution in [-0.4, -0.2) is 48.4 Å². The minimum Gasteiger partial charge on any atom is -0.469 e. The quantitative estimate of drug-likeness (QED) is 0.804. The van der Waals surface area contributed by atoms with Crippen LogP contribution in [0, 0.1) is 0 Å². The number of anilines is 1. The van der Waals surface area contributed by atoms with Crippen LogP contribution in [0.4, 0.5) is 5.69 Å². The fraction of sp³-hybridized carbons (Fsp3) is 0.417. The van der Waals surface area contributed by atoms with Crippen LogP contribution in [0.3, 0.4) is 0 Å². The maximum absolute atomic E-state index is 5.98. The van der Waals surface area contributed by atoms with Gasteiger partial charge in [0, 0.05) is 6.20 Å². The molecule has 0 aromatic carbocycles. The predicted molar refractivity (Wildman–Crippen MR) is 68.0 cm³/mol. The molecule has 0 aliphatic heterocycles. The number of nitrogens with zero attached hydrogens (tertiary/aromatic N) is 3. The van der Waals surface area contributed by atoms with Crippen molar-refractivity contribution in [3.05, 3.63) is 24.4 Å². The van der Waals surface area contributed by atoms with E-state index in [1.807, 2.05) is 24.4 Å². The number of likely N-dealkylation sites (N-methyl/N-ethyl adjacent to an activating group) is 1. The highest BCUT2D eigenvalue weighted by atomic mass is 16.5. The lowest BCUT2D eigenvalue weighted by Crippen LogP contribution is -2.38. The highest BCUT2D eigenvalue weighted by Gasteiger charge is 2.12. The second-order valence-corrected chi connectivity index (χ2v) is 5.11. The first-order valence-corrected chi connectivity index (χ1v) is 5.63. The standard InChI is InChI=1S/C12H19N4O/c1-16(2,3)8-9-17-12-11(13)10-6-4-5-7-15(10)14-12/h4-7H,8-9,13H2,1-3H3/q+1. The van der Waals surface area contributed by atoms with Crippen molar-refractivity contribution in [3.63, 3.8) is 0 Å². The SMILES string of the molecule is C[N+](C)(C)CCOc1nn2ccccc2c1N. The zero-order chi connectivity index (χ0) is 12.5. The molecule has 0 bridgehead atoms. The maximum atomic E-state index is 5.98. The third-order valence-electron chi connectivity index (χ3n) is 2.55. The molecule has 0 saturated carbocycles. The van der Waals surface area contributed by atoms with Crippen LogP contribution >= 0.6 is 0 Å². The predicted octanol–water partition coefficient (Wildman–Crippen LogP) is 1.00. The lowest BCUT2D eigenvalue weighted by Gasteiger charge is -2.23. The molecule has 0 fully saturated rings. The summed E-state index contributed by atoms with van der Waals surface area (Å²) in [4.78, 5) is 0. The van der Waals surface area contributed by atoms with Gasteiger partial charge < -0.3 is 15.0 Å². The van der Waals surface area contributed by atoms with E-state index in [1.165, 1.54) is 0 Å². The van der Waals surface area contributed by atoms with Crippen LogP contribution in [0.15, 0.2) is 24.4 Å². The molecule has 5 heteroatoms. The summed E-state index contributed by atoms with van der Waals surface area (Å²) in [5, 5.41) is 4.29. The van der Waals surface area contributed by atoms with Crippen molar-refractivity contribution in [2.45, 2.75) is 0 Å². The number of fused-ring (bicyclic) bond motifs is 1. The van der Waals surface area contributed by atoms with E-state index in [4.69, 9.17) is 10.5 Å². The van der Waals surface area contributed by atoms with Crippen molar-refractivity contribution in [1.29, 1.82) is 0 Å². The van der Waals surface area contributed by atoms with Gasteiger partial charge in [0.25, 0.3) is 5.88 Å². The van der Waals surface area contributed by atoms with Crippen LogP contribution in [0.5, 0.6) is 5.88 Å². The molecular formula is C12H19N4O+. The van der Waals surface area contributed by atoms with Gasteiger partial charge in [0.1, 0.15) is 18.8 Å². The summed E-state index contributed by atoms with van der Waals surface area (Å²) >= 11 is 0. The van der Waals surface area contributed by atoms with Crippen LogP contribution in [0.2, 0.25) is 0 Å². The molecule has 0 radical (unpaired) electrons. The number of ether oxygens (including phenoxy) is 1. The minimum absolute atomic E-state index is 0.518. The Morgan fingerprint density at radius 2 is 2.12 bits per heavy atom. The fourth-order valence-electron chi connectivity index (χ4n) is 1.52. The van der Waals surface area contributed by atoms with Crippen molar-refractivity contribution in [1.82, 2.24) is 9.61 Å². The Hall–Kier alpha value is -1.75. The molecule has 5 nitrogen and oxygen atoms in total. The van der Waals surface area contributed by atoms with E-state index in [0.717, 1.165) is 16.5 Å². The lowest BCUT2D eigenvalue weighted by molar-refractivity contribution is -0.870. The molecule has 17 heavy (non-hydrogen) atoms. The number of nitrogen functional groups attached to an aromatic ring is 1. The molecule has 0 saturated heterocycles. The molecular weight excluding hydrogens is 216 g/mol. The summed E-state index contributed by atoms with van der Waals surface area (Å²) in [5.41, 5.74) is 7.46. The monoisotopic (exact) mass is 235 g/mol. The largest absolute Gasteiger partial charge is 0.469 e. The van der Waals surface area contributed by atoms with Gasteiger partial charge in [-0.05, 0) is 12.1 Å². The summed E-state index contributed by atoms with van der Waals surface area (Å²) in [6, 6.07) is 5.77. The number of quaternary nitrogens is 1. The number of hydrogen-bond donors (Lipinski definition) is 1. The van der Waals surface area contributed by atoms with E-state index in [1.54, 1.807) is 4.52 Å². The van der Waals surface area contributed by atoms with Crippen molar-refractivity contribution in [2.75, 3.05) is 40.0 Å². The first-order chi connectivity index (χ1) is 7.97. The number of aromatic nitrogens is 2. The van der Waals surface area contributed by atoms with Crippen LogP contribution in [-0.2, 0) is 0 Å². The van der Waals surface area contributed by atoms with Crippen molar-refractivity contribution in [3.8, 4) is 5.88 Å². The third-order valence-corrected chi connectivity index (χ3v) is 2.55. The van der Waals surface area contributed by atoms with E-state index in [-0.39, 0.29) is 0 Å². The summed E-state index contributed by atoms with van der Waals surface area (Å²) in [6.45, 7) is 1.52. The molecule has 2 heterocycles. The molecule has 0 spiro atoms. The van der Waals surface area contributed by atoms with E-state index in [0.29, 0.717) is 18.2 Å². The Bertz CT molecular complexity index is 513. The van der Waals surface area contributed by atoms with Gasteiger partial charge >= 0.3 is 0 Å². The van der Waals surface area contributed by atoms with E-state index in [9.17, 15) is 0 Å². The first kappa shape index (κ1) is 11.7. The number of rotatable bonds is 4. The molecule has 0 amide bonds. The second kappa shape index (κ2) is 4.25. The lowest BCUT2D eigenvalue weighted by atomic mass is 10.4. The summed E-state index contributed by atoms with van der Waals surface area (Å²) < 4.78 is 8.21.